The van der Waals surface area contributed by atoms with Gasteiger partial charge in [-0.25, -0.2) is 0 Å². The smallest absolute Gasteiger partial charge is 0.127 e. The van der Waals surface area contributed by atoms with E-state index in [9.17, 15) is 0 Å². The highest BCUT2D eigenvalue weighted by atomic mass is 31.2. The number of ether oxygens (including phenoxy) is 1. The number of hydrogen-bond donors (Lipinski definition) is 0. The SMILES string of the molecule is CCCCOc1ccc2c(c1-c1c(P(=O)(C3CCCCC3)C3CCCCC3)ccc3c1CCCC3)CCCC2. The zero-order valence-corrected chi connectivity index (χ0v) is 25.5. The molecule has 0 bridgehead atoms. The Kier molecular flexibility index (Phi) is 8.89. The van der Waals surface area contributed by atoms with Crippen molar-refractivity contribution in [2.75, 3.05) is 6.61 Å². The van der Waals surface area contributed by atoms with Crippen LogP contribution in [0.4, 0.5) is 0 Å². The molecular weight excluding hydrogens is 495 g/mol. The molecule has 2 saturated carbocycles. The largest absolute Gasteiger partial charge is 0.493 e. The second kappa shape index (κ2) is 12.5. The van der Waals surface area contributed by atoms with Crippen LogP contribution >= 0.6 is 7.14 Å². The van der Waals surface area contributed by atoms with E-state index in [1.54, 1.807) is 0 Å². The van der Waals surface area contributed by atoms with Crippen LogP contribution in [0.3, 0.4) is 0 Å². The molecule has 0 aliphatic heterocycles. The molecule has 0 amide bonds. The Morgan fingerprint density at radius 1 is 0.667 bits per heavy atom. The van der Waals surface area contributed by atoms with Gasteiger partial charge in [0.15, 0.2) is 0 Å². The minimum atomic E-state index is -2.61. The molecule has 39 heavy (non-hydrogen) atoms. The van der Waals surface area contributed by atoms with Crippen LogP contribution in [0, 0.1) is 0 Å². The standard InChI is InChI=1S/C36H51O2P/c1-2-3-26-38-33-24-22-27-14-10-12-20-31(27)35(33)36-32-21-13-11-15-28(32)23-25-34(36)39(37,29-16-6-4-7-17-29)30-18-8-5-9-19-30/h22-25,29-30H,2-21,26H2,1H3. The van der Waals surface area contributed by atoms with Crippen LogP contribution < -0.4 is 10.0 Å². The molecule has 2 aromatic carbocycles. The third-order valence-electron chi connectivity index (χ3n) is 10.6. The van der Waals surface area contributed by atoms with Crippen molar-refractivity contribution in [2.45, 2.75) is 147 Å². The molecule has 212 valence electrons. The fourth-order valence-corrected chi connectivity index (χ4v) is 13.1. The maximum Gasteiger partial charge on any atom is 0.127 e. The topological polar surface area (TPSA) is 26.3 Å². The number of rotatable bonds is 8. The first kappa shape index (κ1) is 27.6. The summed E-state index contributed by atoms with van der Waals surface area (Å²) >= 11 is 0. The number of aryl methyl sites for hydroxylation is 2. The average Bonchev–Trinajstić information content (AvgIpc) is 3.01. The van der Waals surface area contributed by atoms with E-state index in [-0.39, 0.29) is 0 Å². The third kappa shape index (κ3) is 5.41. The summed E-state index contributed by atoms with van der Waals surface area (Å²) in [6.07, 6.45) is 24.2. The van der Waals surface area contributed by atoms with Crippen LogP contribution in [0.25, 0.3) is 11.1 Å². The predicted molar refractivity (Wildman–Crippen MR) is 167 cm³/mol. The minimum Gasteiger partial charge on any atom is -0.493 e. The highest BCUT2D eigenvalue weighted by Gasteiger charge is 2.45. The second-order valence-electron chi connectivity index (χ2n) is 13.1. The molecule has 0 radical (unpaired) electrons. The van der Waals surface area contributed by atoms with E-state index in [1.165, 1.54) is 116 Å². The number of hydrogen-bond acceptors (Lipinski definition) is 2. The molecule has 0 atom stereocenters. The van der Waals surface area contributed by atoms with Gasteiger partial charge in [0.25, 0.3) is 0 Å². The first-order chi connectivity index (χ1) is 19.2. The van der Waals surface area contributed by atoms with E-state index >= 15 is 4.57 Å². The molecule has 3 heteroatoms. The summed E-state index contributed by atoms with van der Waals surface area (Å²) in [5.41, 5.74) is 9.60. The van der Waals surface area contributed by atoms with E-state index in [1.807, 2.05) is 0 Å². The highest BCUT2D eigenvalue weighted by molar-refractivity contribution is 7.73. The molecule has 0 saturated heterocycles. The van der Waals surface area contributed by atoms with Gasteiger partial charge in [-0.05, 0) is 117 Å². The Bertz CT molecular complexity index is 1160. The van der Waals surface area contributed by atoms with Crippen LogP contribution in [-0.2, 0) is 30.2 Å². The van der Waals surface area contributed by atoms with E-state index in [2.05, 4.69) is 31.2 Å². The van der Waals surface area contributed by atoms with Gasteiger partial charge in [0.05, 0.1) is 6.61 Å². The van der Waals surface area contributed by atoms with Gasteiger partial charge < -0.3 is 9.30 Å². The Balaban J connectivity index is 1.60. The molecule has 0 heterocycles. The molecule has 2 fully saturated rings. The Hall–Kier alpha value is -1.53. The van der Waals surface area contributed by atoms with Crippen molar-refractivity contribution >= 4 is 12.4 Å². The first-order valence-corrected chi connectivity index (χ1v) is 18.6. The Morgan fingerprint density at radius 2 is 1.21 bits per heavy atom. The molecule has 4 aliphatic carbocycles. The Labute approximate surface area is 238 Å². The van der Waals surface area contributed by atoms with Crippen LogP contribution in [0.15, 0.2) is 24.3 Å². The molecule has 4 aliphatic rings. The highest BCUT2D eigenvalue weighted by Crippen LogP contribution is 2.64. The van der Waals surface area contributed by atoms with Crippen LogP contribution in [0.5, 0.6) is 5.75 Å². The lowest BCUT2D eigenvalue weighted by Gasteiger charge is -2.40. The number of unbranched alkanes of at least 4 members (excludes halogenated alkanes) is 1. The molecule has 0 aromatic heterocycles. The first-order valence-electron chi connectivity index (χ1n) is 16.7. The van der Waals surface area contributed by atoms with Crippen molar-refractivity contribution in [3.05, 3.63) is 46.5 Å². The van der Waals surface area contributed by atoms with Crippen LogP contribution in [0.2, 0.25) is 0 Å². The summed E-state index contributed by atoms with van der Waals surface area (Å²) in [5, 5.41) is 1.28. The van der Waals surface area contributed by atoms with Crippen molar-refractivity contribution < 1.29 is 9.30 Å². The zero-order chi connectivity index (χ0) is 26.7. The van der Waals surface area contributed by atoms with Gasteiger partial charge in [-0.15, -0.1) is 0 Å². The minimum absolute atomic E-state index is 0.374. The van der Waals surface area contributed by atoms with E-state index in [0.717, 1.165) is 63.7 Å². The lowest BCUT2D eigenvalue weighted by molar-refractivity contribution is 0.310. The van der Waals surface area contributed by atoms with Gasteiger partial charge in [0.2, 0.25) is 0 Å². The van der Waals surface area contributed by atoms with Crippen LogP contribution in [-0.4, -0.2) is 17.9 Å². The van der Waals surface area contributed by atoms with Crippen molar-refractivity contribution in [1.82, 2.24) is 0 Å². The van der Waals surface area contributed by atoms with Gasteiger partial charge >= 0.3 is 0 Å². The van der Waals surface area contributed by atoms with Gasteiger partial charge in [-0.3, -0.25) is 0 Å². The molecule has 2 aromatic rings. The fraction of sp³-hybridized carbons (Fsp3) is 0.667. The quantitative estimate of drug-likeness (QED) is 0.243. The Morgan fingerprint density at radius 3 is 1.79 bits per heavy atom. The van der Waals surface area contributed by atoms with E-state index < -0.39 is 7.14 Å². The summed E-state index contributed by atoms with van der Waals surface area (Å²) in [7, 11) is -2.61. The van der Waals surface area contributed by atoms with Crippen molar-refractivity contribution in [2.24, 2.45) is 0 Å². The summed E-state index contributed by atoms with van der Waals surface area (Å²) in [5.74, 6) is 1.07. The molecular formula is C36H51O2P. The van der Waals surface area contributed by atoms with Crippen LogP contribution in [0.1, 0.15) is 132 Å². The average molecular weight is 547 g/mol. The lowest BCUT2D eigenvalue weighted by Crippen LogP contribution is -2.31. The molecule has 0 unspecified atom stereocenters. The normalized spacial score (nSPS) is 20.8. The van der Waals surface area contributed by atoms with Gasteiger partial charge in [-0.2, -0.15) is 0 Å². The number of fused-ring (bicyclic) bond motifs is 2. The molecule has 0 spiro atoms. The maximum absolute atomic E-state index is 16.1. The van der Waals surface area contributed by atoms with Gasteiger partial charge in [0, 0.05) is 22.2 Å². The molecule has 2 nitrogen and oxygen atoms in total. The number of benzene rings is 2. The third-order valence-corrected chi connectivity index (χ3v) is 15.0. The predicted octanol–water partition coefficient (Wildman–Crippen LogP) is 9.94. The monoisotopic (exact) mass is 546 g/mol. The van der Waals surface area contributed by atoms with Crippen molar-refractivity contribution in [3.8, 4) is 16.9 Å². The summed E-state index contributed by atoms with van der Waals surface area (Å²) in [6, 6.07) is 9.46. The molecule has 0 N–H and O–H groups in total. The summed E-state index contributed by atoms with van der Waals surface area (Å²) in [6.45, 7) is 3.02. The maximum atomic E-state index is 16.1. The summed E-state index contributed by atoms with van der Waals surface area (Å²) in [4.78, 5) is 0. The van der Waals surface area contributed by atoms with E-state index in [4.69, 9.17) is 4.74 Å². The van der Waals surface area contributed by atoms with Crippen molar-refractivity contribution in [1.29, 1.82) is 0 Å². The van der Waals surface area contributed by atoms with E-state index in [0.29, 0.717) is 11.3 Å². The summed E-state index contributed by atoms with van der Waals surface area (Å²) < 4.78 is 22.8. The van der Waals surface area contributed by atoms with Gasteiger partial charge in [-0.1, -0.05) is 70.1 Å². The fourth-order valence-electron chi connectivity index (χ4n) is 8.53. The zero-order valence-electron chi connectivity index (χ0n) is 24.6. The second-order valence-corrected chi connectivity index (χ2v) is 16.4. The van der Waals surface area contributed by atoms with Crippen molar-refractivity contribution in [3.63, 3.8) is 0 Å². The van der Waals surface area contributed by atoms with Gasteiger partial charge in [0.1, 0.15) is 12.9 Å². The lowest BCUT2D eigenvalue weighted by atomic mass is 9.80. The molecule has 6 rings (SSSR count).